The average molecular weight is 349 g/mol. The summed E-state index contributed by atoms with van der Waals surface area (Å²) in [5.74, 6) is -3.59. The Morgan fingerprint density at radius 3 is 2.28 bits per heavy atom. The highest BCUT2D eigenvalue weighted by Crippen LogP contribution is 2.42. The summed E-state index contributed by atoms with van der Waals surface area (Å²) < 4.78 is 45.6. The number of anilines is 1. The van der Waals surface area contributed by atoms with E-state index in [2.05, 4.69) is 0 Å². The van der Waals surface area contributed by atoms with E-state index in [0.29, 0.717) is 5.75 Å². The minimum absolute atomic E-state index is 0.0182. The molecule has 2 aromatic rings. The maximum atomic E-state index is 13.4. The molecule has 1 atom stereocenters. The van der Waals surface area contributed by atoms with Gasteiger partial charge in [0.1, 0.15) is 11.9 Å². The highest BCUT2D eigenvalue weighted by molar-refractivity contribution is 6.07. The van der Waals surface area contributed by atoms with Crippen LogP contribution in [0.25, 0.3) is 0 Å². The lowest BCUT2D eigenvalue weighted by atomic mass is 9.86. The molecule has 132 valence electrons. The van der Waals surface area contributed by atoms with Crippen molar-refractivity contribution in [2.45, 2.75) is 32.3 Å². The first kappa shape index (κ1) is 17.3. The van der Waals surface area contributed by atoms with Crippen LogP contribution in [0.1, 0.15) is 38.0 Å². The van der Waals surface area contributed by atoms with Crippen LogP contribution in [0.2, 0.25) is 0 Å². The van der Waals surface area contributed by atoms with E-state index < -0.39 is 29.0 Å². The smallest absolute Gasteiger partial charge is 0.236 e. The van der Waals surface area contributed by atoms with Crippen molar-refractivity contribution in [1.29, 1.82) is 0 Å². The predicted molar refractivity (Wildman–Crippen MR) is 88.2 cm³/mol. The summed E-state index contributed by atoms with van der Waals surface area (Å²) in [7, 11) is 1.69. The maximum absolute atomic E-state index is 13.4. The van der Waals surface area contributed by atoms with E-state index >= 15 is 0 Å². The van der Waals surface area contributed by atoms with E-state index in [-0.39, 0.29) is 11.5 Å². The number of amides is 1. The molecule has 0 aliphatic carbocycles. The number of ether oxygens (including phenoxy) is 1. The van der Waals surface area contributed by atoms with Gasteiger partial charge in [0.05, 0.1) is 11.1 Å². The highest BCUT2D eigenvalue weighted by atomic mass is 19.2. The number of hydrogen-bond donors (Lipinski definition) is 0. The molecule has 0 radical (unpaired) electrons. The third kappa shape index (κ3) is 2.75. The molecule has 25 heavy (non-hydrogen) atoms. The second-order valence-electron chi connectivity index (χ2n) is 6.73. The fourth-order valence-corrected chi connectivity index (χ4v) is 3.12. The van der Waals surface area contributed by atoms with E-state index in [0.717, 1.165) is 23.4 Å². The normalized spacial score (nSPS) is 16.8. The van der Waals surface area contributed by atoms with Crippen LogP contribution < -0.4 is 9.64 Å². The van der Waals surface area contributed by atoms with Crippen LogP contribution in [-0.4, -0.2) is 13.0 Å². The minimum atomic E-state index is -1.50. The lowest BCUT2D eigenvalue weighted by molar-refractivity contribution is -0.121. The molecule has 0 spiro atoms. The second kappa shape index (κ2) is 5.79. The Labute approximate surface area is 144 Å². The third-order valence-electron chi connectivity index (χ3n) is 4.63. The summed E-state index contributed by atoms with van der Waals surface area (Å²) in [6.07, 6.45) is -0.696. The second-order valence-corrected chi connectivity index (χ2v) is 6.73. The number of hydrogen-bond acceptors (Lipinski definition) is 2. The molecule has 1 amide bonds. The fourth-order valence-electron chi connectivity index (χ4n) is 3.12. The first-order valence-corrected chi connectivity index (χ1v) is 7.86. The number of carbonyl (C=O) groups is 1. The van der Waals surface area contributed by atoms with Gasteiger partial charge in [-0.1, -0.05) is 6.07 Å². The van der Waals surface area contributed by atoms with Gasteiger partial charge in [-0.2, -0.15) is 0 Å². The van der Waals surface area contributed by atoms with Crippen LogP contribution >= 0.6 is 0 Å². The van der Waals surface area contributed by atoms with E-state index in [1.165, 1.54) is 0 Å². The molecule has 0 N–H and O–H groups in total. The molecule has 1 aliphatic heterocycles. The summed E-state index contributed by atoms with van der Waals surface area (Å²) in [4.78, 5) is 13.9. The molecule has 1 unspecified atom stereocenters. The van der Waals surface area contributed by atoms with Gasteiger partial charge in [-0.25, -0.2) is 13.2 Å². The summed E-state index contributed by atoms with van der Waals surface area (Å²) in [5, 5.41) is 0. The molecule has 0 saturated carbocycles. The monoisotopic (exact) mass is 349 g/mol. The van der Waals surface area contributed by atoms with Gasteiger partial charge < -0.3 is 9.64 Å². The molecule has 1 heterocycles. The molecular formula is C19H18F3NO2. The van der Waals surface area contributed by atoms with Crippen LogP contribution in [0.5, 0.6) is 5.75 Å². The van der Waals surface area contributed by atoms with Gasteiger partial charge >= 0.3 is 0 Å². The Morgan fingerprint density at radius 2 is 1.68 bits per heavy atom. The van der Waals surface area contributed by atoms with Crippen molar-refractivity contribution >= 4 is 11.6 Å². The number of nitrogens with zero attached hydrogens (tertiary/aromatic N) is 1. The first-order valence-electron chi connectivity index (χ1n) is 7.86. The van der Waals surface area contributed by atoms with Crippen molar-refractivity contribution in [3.8, 4) is 5.75 Å². The van der Waals surface area contributed by atoms with Crippen molar-refractivity contribution in [1.82, 2.24) is 0 Å². The van der Waals surface area contributed by atoms with Gasteiger partial charge in [-0.05, 0) is 50.1 Å². The number of rotatable bonds is 3. The Kier molecular flexibility index (Phi) is 4.01. The quantitative estimate of drug-likeness (QED) is 0.764. The largest absolute Gasteiger partial charge is 0.486 e. The Hall–Kier alpha value is -2.50. The SMILES string of the molecule is CC(Oc1ccc2c(c1)N(C)C(=O)C2(C)C)c1cc(F)c(F)c(F)c1. The van der Waals surface area contributed by atoms with Crippen molar-refractivity contribution in [3.63, 3.8) is 0 Å². The molecule has 0 fully saturated rings. The van der Waals surface area contributed by atoms with Crippen molar-refractivity contribution in [2.75, 3.05) is 11.9 Å². The number of halogens is 3. The average Bonchev–Trinajstić information content (AvgIpc) is 2.73. The lowest BCUT2D eigenvalue weighted by Crippen LogP contribution is -2.33. The minimum Gasteiger partial charge on any atom is -0.486 e. The van der Waals surface area contributed by atoms with Crippen molar-refractivity contribution < 1.29 is 22.7 Å². The third-order valence-corrected chi connectivity index (χ3v) is 4.63. The van der Waals surface area contributed by atoms with Crippen LogP contribution in [-0.2, 0) is 10.2 Å². The van der Waals surface area contributed by atoms with Crippen LogP contribution in [0.3, 0.4) is 0 Å². The van der Waals surface area contributed by atoms with Gasteiger partial charge in [0.25, 0.3) is 0 Å². The molecular weight excluding hydrogens is 331 g/mol. The Bertz CT molecular complexity index is 841. The topological polar surface area (TPSA) is 29.5 Å². The molecule has 0 aromatic heterocycles. The fraction of sp³-hybridized carbons (Fsp3) is 0.316. The molecule has 2 aromatic carbocycles. The number of carbonyl (C=O) groups excluding carboxylic acids is 1. The number of fused-ring (bicyclic) bond motifs is 1. The molecule has 0 saturated heterocycles. The summed E-state index contributed by atoms with van der Waals surface area (Å²) >= 11 is 0. The molecule has 3 nitrogen and oxygen atoms in total. The van der Waals surface area contributed by atoms with Crippen LogP contribution in [0.4, 0.5) is 18.9 Å². The van der Waals surface area contributed by atoms with E-state index in [9.17, 15) is 18.0 Å². The van der Waals surface area contributed by atoms with E-state index in [1.807, 2.05) is 19.9 Å². The van der Waals surface area contributed by atoms with Crippen LogP contribution in [0, 0.1) is 17.5 Å². The first-order chi connectivity index (χ1) is 11.6. The Morgan fingerprint density at radius 1 is 1.08 bits per heavy atom. The van der Waals surface area contributed by atoms with Crippen LogP contribution in [0.15, 0.2) is 30.3 Å². The van der Waals surface area contributed by atoms with Gasteiger partial charge in [0.15, 0.2) is 17.5 Å². The van der Waals surface area contributed by atoms with Gasteiger partial charge in [-0.15, -0.1) is 0 Å². The standard InChI is InChI=1S/C19H18F3NO2/c1-10(11-7-14(20)17(22)15(21)8-11)25-12-5-6-13-16(9-12)23(4)18(24)19(13,2)3/h5-10H,1-4H3. The van der Waals surface area contributed by atoms with Gasteiger partial charge in [-0.3, -0.25) is 4.79 Å². The molecule has 1 aliphatic rings. The lowest BCUT2D eigenvalue weighted by Gasteiger charge is -2.18. The molecule has 6 heteroatoms. The van der Waals surface area contributed by atoms with Crippen molar-refractivity contribution in [2.24, 2.45) is 0 Å². The zero-order chi connectivity index (χ0) is 18.5. The molecule has 0 bridgehead atoms. The summed E-state index contributed by atoms with van der Waals surface area (Å²) in [6.45, 7) is 5.31. The Balaban J connectivity index is 1.89. The summed E-state index contributed by atoms with van der Waals surface area (Å²) in [5.41, 5.74) is 1.19. The van der Waals surface area contributed by atoms with Gasteiger partial charge in [0, 0.05) is 13.1 Å². The van der Waals surface area contributed by atoms with Gasteiger partial charge in [0.2, 0.25) is 5.91 Å². The zero-order valence-corrected chi connectivity index (χ0v) is 14.4. The van der Waals surface area contributed by atoms with Crippen molar-refractivity contribution in [3.05, 3.63) is 58.9 Å². The van der Waals surface area contributed by atoms with E-state index in [1.54, 1.807) is 31.0 Å². The number of likely N-dealkylation sites (N-methyl/N-ethyl adjacent to an activating group) is 1. The zero-order valence-electron chi connectivity index (χ0n) is 14.4. The summed E-state index contributed by atoms with van der Waals surface area (Å²) in [6, 6.07) is 7.06. The molecule has 3 rings (SSSR count). The maximum Gasteiger partial charge on any atom is 0.236 e. The van der Waals surface area contributed by atoms with E-state index in [4.69, 9.17) is 4.74 Å². The highest BCUT2D eigenvalue weighted by Gasteiger charge is 2.42. The number of benzene rings is 2. The predicted octanol–water partition coefficient (Wildman–Crippen LogP) is 4.50.